The third kappa shape index (κ3) is 4.98. The summed E-state index contributed by atoms with van der Waals surface area (Å²) in [5.74, 6) is -2.99. The van der Waals surface area contributed by atoms with E-state index in [0.29, 0.717) is 13.0 Å². The van der Waals surface area contributed by atoms with E-state index in [1.54, 1.807) is 19.4 Å². The van der Waals surface area contributed by atoms with E-state index in [1.807, 2.05) is 12.1 Å². The number of nitrogens with one attached hydrogen (secondary N) is 1. The predicted octanol–water partition coefficient (Wildman–Crippen LogP) is 3.32. The summed E-state index contributed by atoms with van der Waals surface area (Å²) in [5.41, 5.74) is 0.406. The van der Waals surface area contributed by atoms with Gasteiger partial charge in [0.15, 0.2) is 0 Å². The molecule has 0 aliphatic carbocycles. The van der Waals surface area contributed by atoms with Crippen LogP contribution < -0.4 is 5.32 Å². The minimum absolute atomic E-state index is 0.0592. The van der Waals surface area contributed by atoms with Crippen LogP contribution in [0.3, 0.4) is 0 Å². The molecule has 3 aromatic rings. The van der Waals surface area contributed by atoms with Crippen LogP contribution in [-0.2, 0) is 6.42 Å². The number of benzene rings is 1. The number of hydrogen-bond acceptors (Lipinski definition) is 4. The van der Waals surface area contributed by atoms with Gasteiger partial charge in [0, 0.05) is 26.0 Å². The fourth-order valence-electron chi connectivity index (χ4n) is 2.62. The first-order chi connectivity index (χ1) is 14.0. The van der Waals surface area contributed by atoms with Gasteiger partial charge in [-0.3, -0.25) is 14.6 Å². The van der Waals surface area contributed by atoms with Gasteiger partial charge in [0.05, 0.1) is 0 Å². The van der Waals surface area contributed by atoms with E-state index >= 15 is 0 Å². The highest BCUT2D eigenvalue weighted by Gasteiger charge is 2.18. The Morgan fingerprint density at radius 2 is 1.59 bits per heavy atom. The Kier molecular flexibility index (Phi) is 6.23. The molecule has 8 heteroatoms. The Hall–Kier alpha value is -3.68. The van der Waals surface area contributed by atoms with Crippen molar-refractivity contribution in [2.24, 2.45) is 0 Å². The number of carbonyl (C=O) groups is 2. The maximum absolute atomic E-state index is 13.7. The molecule has 0 fully saturated rings. The van der Waals surface area contributed by atoms with Crippen LogP contribution in [0, 0.1) is 11.6 Å². The molecule has 0 saturated heterocycles. The van der Waals surface area contributed by atoms with Gasteiger partial charge in [-0.15, -0.1) is 0 Å². The van der Waals surface area contributed by atoms with Gasteiger partial charge in [0.2, 0.25) is 0 Å². The third-order valence-electron chi connectivity index (χ3n) is 4.23. The standard InChI is InChI=1S/C21H18F2N4O2/c1-27(13-10-14-8-11-24-12-9-14)21(29)18-7-3-6-17(25-18)20(28)26-19-15(22)4-2-5-16(19)23/h2-9,11-12H,10,13H2,1H3,(H,26,28). The molecule has 0 saturated carbocycles. The van der Waals surface area contributed by atoms with E-state index in [0.717, 1.165) is 17.7 Å². The number of nitrogens with zero attached hydrogens (tertiary/aromatic N) is 3. The highest BCUT2D eigenvalue weighted by molar-refractivity contribution is 6.04. The summed E-state index contributed by atoms with van der Waals surface area (Å²) >= 11 is 0. The summed E-state index contributed by atoms with van der Waals surface area (Å²) in [6.07, 6.45) is 4.00. The number of rotatable bonds is 6. The maximum Gasteiger partial charge on any atom is 0.274 e. The first-order valence-corrected chi connectivity index (χ1v) is 8.82. The van der Waals surface area contributed by atoms with Crippen molar-refractivity contribution < 1.29 is 18.4 Å². The molecule has 3 rings (SSSR count). The lowest BCUT2D eigenvalue weighted by molar-refractivity contribution is 0.0790. The molecule has 0 unspecified atom stereocenters. The zero-order chi connectivity index (χ0) is 20.8. The highest BCUT2D eigenvalue weighted by atomic mass is 19.1. The van der Waals surface area contributed by atoms with Crippen LogP contribution >= 0.6 is 0 Å². The lowest BCUT2D eigenvalue weighted by atomic mass is 10.2. The third-order valence-corrected chi connectivity index (χ3v) is 4.23. The zero-order valence-electron chi connectivity index (χ0n) is 15.6. The fraction of sp³-hybridized carbons (Fsp3) is 0.143. The number of aromatic nitrogens is 2. The number of para-hydroxylation sites is 1. The van der Waals surface area contributed by atoms with E-state index in [9.17, 15) is 18.4 Å². The van der Waals surface area contributed by atoms with Gasteiger partial charge in [-0.1, -0.05) is 12.1 Å². The van der Waals surface area contributed by atoms with Crippen molar-refractivity contribution in [1.82, 2.24) is 14.9 Å². The minimum atomic E-state index is -0.901. The largest absolute Gasteiger partial charge is 0.340 e. The van der Waals surface area contributed by atoms with Crippen molar-refractivity contribution >= 4 is 17.5 Å². The summed E-state index contributed by atoms with van der Waals surface area (Å²) in [5, 5.41) is 2.15. The Morgan fingerprint density at radius 3 is 2.28 bits per heavy atom. The number of carbonyl (C=O) groups excluding carboxylic acids is 2. The Balaban J connectivity index is 1.69. The molecule has 148 valence electrons. The molecule has 0 atom stereocenters. The fourth-order valence-corrected chi connectivity index (χ4v) is 2.62. The Bertz CT molecular complexity index is 1010. The van der Waals surface area contributed by atoms with Crippen LogP contribution in [0.15, 0.2) is 60.9 Å². The zero-order valence-corrected chi connectivity index (χ0v) is 15.6. The van der Waals surface area contributed by atoms with Gasteiger partial charge in [0.1, 0.15) is 28.7 Å². The number of anilines is 1. The van der Waals surface area contributed by atoms with Crippen LogP contribution in [0.5, 0.6) is 0 Å². The van der Waals surface area contributed by atoms with Gasteiger partial charge in [-0.05, 0) is 48.4 Å². The number of pyridine rings is 2. The van der Waals surface area contributed by atoms with E-state index in [4.69, 9.17) is 0 Å². The molecule has 1 N–H and O–H groups in total. The van der Waals surface area contributed by atoms with Gasteiger partial charge in [-0.25, -0.2) is 13.8 Å². The van der Waals surface area contributed by atoms with Gasteiger partial charge >= 0.3 is 0 Å². The molecular formula is C21H18F2N4O2. The lowest BCUT2D eigenvalue weighted by Gasteiger charge is -2.17. The summed E-state index contributed by atoms with van der Waals surface area (Å²) in [4.78, 5) is 34.4. The molecule has 0 bridgehead atoms. The molecule has 29 heavy (non-hydrogen) atoms. The van der Waals surface area contributed by atoms with Crippen LogP contribution in [0.4, 0.5) is 14.5 Å². The average Bonchev–Trinajstić information content (AvgIpc) is 2.75. The summed E-state index contributed by atoms with van der Waals surface area (Å²) in [6.45, 7) is 0.446. The van der Waals surface area contributed by atoms with Crippen molar-refractivity contribution in [3.05, 3.63) is 89.5 Å². The molecule has 2 amide bonds. The first-order valence-electron chi connectivity index (χ1n) is 8.82. The normalized spacial score (nSPS) is 10.4. The topological polar surface area (TPSA) is 75.2 Å². The molecule has 0 aliphatic heterocycles. The van der Waals surface area contributed by atoms with E-state index in [2.05, 4.69) is 15.3 Å². The lowest BCUT2D eigenvalue weighted by Crippen LogP contribution is -2.30. The molecule has 2 heterocycles. The van der Waals surface area contributed by atoms with E-state index in [1.165, 1.54) is 29.2 Å². The second-order valence-electron chi connectivity index (χ2n) is 6.29. The minimum Gasteiger partial charge on any atom is -0.340 e. The van der Waals surface area contributed by atoms with Gasteiger partial charge in [0.25, 0.3) is 11.8 Å². The van der Waals surface area contributed by atoms with E-state index < -0.39 is 23.2 Å². The van der Waals surface area contributed by atoms with Gasteiger partial charge in [-0.2, -0.15) is 0 Å². The monoisotopic (exact) mass is 396 g/mol. The summed E-state index contributed by atoms with van der Waals surface area (Å²) in [6, 6.07) is 11.3. The van der Waals surface area contributed by atoms with Crippen molar-refractivity contribution in [1.29, 1.82) is 0 Å². The average molecular weight is 396 g/mol. The summed E-state index contributed by atoms with van der Waals surface area (Å²) < 4.78 is 27.4. The van der Waals surface area contributed by atoms with Crippen molar-refractivity contribution in [3.8, 4) is 0 Å². The first kappa shape index (κ1) is 20.1. The van der Waals surface area contributed by atoms with E-state index in [-0.39, 0.29) is 17.3 Å². The summed E-state index contributed by atoms with van der Waals surface area (Å²) in [7, 11) is 1.63. The molecule has 6 nitrogen and oxygen atoms in total. The number of amides is 2. The molecule has 1 aromatic carbocycles. The van der Waals surface area contributed by atoms with Crippen molar-refractivity contribution in [2.45, 2.75) is 6.42 Å². The molecule has 0 spiro atoms. The SMILES string of the molecule is CN(CCc1ccncc1)C(=O)c1cccc(C(=O)Nc2c(F)cccc2F)n1. The van der Waals surface area contributed by atoms with Crippen LogP contribution in [0.25, 0.3) is 0 Å². The molecular weight excluding hydrogens is 378 g/mol. The molecule has 0 aliphatic rings. The van der Waals surface area contributed by atoms with Crippen LogP contribution in [0.1, 0.15) is 26.5 Å². The Morgan fingerprint density at radius 1 is 0.966 bits per heavy atom. The predicted molar refractivity (Wildman–Crippen MR) is 103 cm³/mol. The number of likely N-dealkylation sites (N-methyl/N-ethyl adjacent to an activating group) is 1. The maximum atomic E-state index is 13.7. The van der Waals surface area contributed by atoms with Crippen molar-refractivity contribution in [2.75, 3.05) is 18.9 Å². The number of hydrogen-bond donors (Lipinski definition) is 1. The molecule has 0 radical (unpaired) electrons. The second-order valence-corrected chi connectivity index (χ2v) is 6.29. The van der Waals surface area contributed by atoms with Crippen molar-refractivity contribution in [3.63, 3.8) is 0 Å². The second kappa shape index (κ2) is 9.01. The highest BCUT2D eigenvalue weighted by Crippen LogP contribution is 2.18. The van der Waals surface area contributed by atoms with Crippen LogP contribution in [0.2, 0.25) is 0 Å². The Labute approximate surface area is 166 Å². The van der Waals surface area contributed by atoms with Gasteiger partial charge < -0.3 is 10.2 Å². The van der Waals surface area contributed by atoms with Crippen LogP contribution in [-0.4, -0.2) is 40.3 Å². The quantitative estimate of drug-likeness (QED) is 0.694. The molecule has 2 aromatic heterocycles. The smallest absolute Gasteiger partial charge is 0.274 e. The number of halogens is 2.